The lowest BCUT2D eigenvalue weighted by atomic mass is 9.71. The molecule has 0 bridgehead atoms. The highest BCUT2D eigenvalue weighted by Crippen LogP contribution is 2.36. The highest BCUT2D eigenvalue weighted by molar-refractivity contribution is 5.69. The molecule has 1 aliphatic heterocycles. The van der Waals surface area contributed by atoms with Crippen LogP contribution < -0.4 is 5.32 Å². The van der Waals surface area contributed by atoms with Crippen molar-refractivity contribution in [3.05, 3.63) is 35.4 Å². The molecule has 0 atom stereocenters. The first-order valence-corrected chi connectivity index (χ1v) is 6.12. The van der Waals surface area contributed by atoms with E-state index in [1.807, 2.05) is 0 Å². The van der Waals surface area contributed by atoms with E-state index >= 15 is 0 Å². The molecule has 0 unspecified atom stereocenters. The Morgan fingerprint density at radius 3 is 2.41 bits per heavy atom. The molecule has 1 saturated heterocycles. The van der Waals surface area contributed by atoms with Crippen LogP contribution in [0.1, 0.15) is 30.4 Å². The van der Waals surface area contributed by atoms with E-state index in [2.05, 4.69) is 36.5 Å². The van der Waals surface area contributed by atoms with Crippen LogP contribution >= 0.6 is 0 Å². The summed E-state index contributed by atoms with van der Waals surface area (Å²) in [6.45, 7) is 3.86. The lowest BCUT2D eigenvalue weighted by Crippen LogP contribution is -2.41. The molecule has 0 aromatic heterocycles. The Morgan fingerprint density at radius 2 is 1.88 bits per heavy atom. The zero-order chi connectivity index (χ0) is 12.3. The Labute approximate surface area is 102 Å². The van der Waals surface area contributed by atoms with Crippen LogP contribution in [0, 0.1) is 6.92 Å². The second-order valence-electron chi connectivity index (χ2n) is 4.97. The van der Waals surface area contributed by atoms with E-state index in [-0.39, 0.29) is 11.8 Å². The third-order valence-corrected chi connectivity index (χ3v) is 3.71. The summed E-state index contributed by atoms with van der Waals surface area (Å²) in [5.41, 5.74) is 2.21. The van der Waals surface area contributed by atoms with Crippen molar-refractivity contribution in [2.45, 2.75) is 31.6 Å². The SMILES string of the molecule is Cc1ccc(C2(CC(=O)O)CCNCC2)cc1. The van der Waals surface area contributed by atoms with Gasteiger partial charge in [-0.15, -0.1) is 0 Å². The smallest absolute Gasteiger partial charge is 0.304 e. The predicted molar refractivity (Wildman–Crippen MR) is 67.2 cm³/mol. The Morgan fingerprint density at radius 1 is 1.29 bits per heavy atom. The van der Waals surface area contributed by atoms with Crippen LogP contribution in [-0.4, -0.2) is 24.2 Å². The third-order valence-electron chi connectivity index (χ3n) is 3.71. The van der Waals surface area contributed by atoms with Gasteiger partial charge < -0.3 is 10.4 Å². The zero-order valence-corrected chi connectivity index (χ0v) is 10.2. The molecule has 1 fully saturated rings. The lowest BCUT2D eigenvalue weighted by Gasteiger charge is -2.37. The van der Waals surface area contributed by atoms with Crippen molar-refractivity contribution in [3.8, 4) is 0 Å². The number of carboxylic acids is 1. The number of hydrogen-bond acceptors (Lipinski definition) is 2. The number of nitrogens with one attached hydrogen (secondary N) is 1. The van der Waals surface area contributed by atoms with Crippen LogP contribution in [0.2, 0.25) is 0 Å². The van der Waals surface area contributed by atoms with Gasteiger partial charge in [0.1, 0.15) is 0 Å². The van der Waals surface area contributed by atoms with E-state index in [0.717, 1.165) is 25.9 Å². The van der Waals surface area contributed by atoms with Crippen LogP contribution in [0.15, 0.2) is 24.3 Å². The van der Waals surface area contributed by atoms with Crippen molar-refractivity contribution in [3.63, 3.8) is 0 Å². The maximum absolute atomic E-state index is 11.1. The van der Waals surface area contributed by atoms with Gasteiger partial charge in [0.25, 0.3) is 0 Å². The minimum absolute atomic E-state index is 0.176. The van der Waals surface area contributed by atoms with Crippen molar-refractivity contribution >= 4 is 5.97 Å². The number of carboxylic acid groups (broad SMARTS) is 1. The van der Waals surface area contributed by atoms with Crippen LogP contribution in [0.4, 0.5) is 0 Å². The quantitative estimate of drug-likeness (QED) is 0.840. The average molecular weight is 233 g/mol. The van der Waals surface area contributed by atoms with Crippen molar-refractivity contribution in [2.24, 2.45) is 0 Å². The van der Waals surface area contributed by atoms with Gasteiger partial charge in [0.05, 0.1) is 6.42 Å². The van der Waals surface area contributed by atoms with Crippen LogP contribution in [0.5, 0.6) is 0 Å². The van der Waals surface area contributed by atoms with Crippen molar-refractivity contribution in [2.75, 3.05) is 13.1 Å². The molecule has 2 N–H and O–H groups in total. The Bertz CT molecular complexity index is 391. The number of hydrogen-bond donors (Lipinski definition) is 2. The fourth-order valence-electron chi connectivity index (χ4n) is 2.67. The van der Waals surface area contributed by atoms with Crippen LogP contribution in [-0.2, 0) is 10.2 Å². The second-order valence-corrected chi connectivity index (χ2v) is 4.97. The second kappa shape index (κ2) is 4.88. The molecule has 0 radical (unpaired) electrons. The Balaban J connectivity index is 2.31. The Hall–Kier alpha value is -1.35. The maximum Gasteiger partial charge on any atom is 0.304 e. The molecule has 1 heterocycles. The minimum Gasteiger partial charge on any atom is -0.481 e. The summed E-state index contributed by atoms with van der Waals surface area (Å²) in [6, 6.07) is 8.31. The molecule has 2 rings (SSSR count). The molecule has 1 aliphatic rings. The maximum atomic E-state index is 11.1. The van der Waals surface area contributed by atoms with Crippen molar-refractivity contribution in [1.29, 1.82) is 0 Å². The molecule has 0 aliphatic carbocycles. The van der Waals surface area contributed by atoms with E-state index in [0.29, 0.717) is 0 Å². The minimum atomic E-state index is -0.701. The van der Waals surface area contributed by atoms with Crippen molar-refractivity contribution < 1.29 is 9.90 Å². The summed E-state index contributed by atoms with van der Waals surface area (Å²) in [5, 5.41) is 12.4. The van der Waals surface area contributed by atoms with Crippen LogP contribution in [0.3, 0.4) is 0 Å². The van der Waals surface area contributed by atoms with E-state index < -0.39 is 5.97 Å². The molecule has 92 valence electrons. The van der Waals surface area contributed by atoms with E-state index in [1.54, 1.807) is 0 Å². The van der Waals surface area contributed by atoms with E-state index in [4.69, 9.17) is 5.11 Å². The highest BCUT2D eigenvalue weighted by Gasteiger charge is 2.35. The monoisotopic (exact) mass is 233 g/mol. The van der Waals surface area contributed by atoms with Crippen molar-refractivity contribution in [1.82, 2.24) is 5.32 Å². The number of rotatable bonds is 3. The molecule has 17 heavy (non-hydrogen) atoms. The summed E-state index contributed by atoms with van der Waals surface area (Å²) >= 11 is 0. The fourth-order valence-corrected chi connectivity index (χ4v) is 2.67. The molecule has 0 saturated carbocycles. The molecule has 3 nitrogen and oxygen atoms in total. The largest absolute Gasteiger partial charge is 0.481 e. The van der Waals surface area contributed by atoms with Gasteiger partial charge in [-0.1, -0.05) is 29.8 Å². The van der Waals surface area contributed by atoms with Gasteiger partial charge in [0.2, 0.25) is 0 Å². The van der Waals surface area contributed by atoms with Gasteiger partial charge in [0, 0.05) is 5.41 Å². The van der Waals surface area contributed by atoms with Gasteiger partial charge in [-0.3, -0.25) is 4.79 Å². The standard InChI is InChI=1S/C14H19NO2/c1-11-2-4-12(5-3-11)14(10-13(16)17)6-8-15-9-7-14/h2-5,15H,6-10H2,1H3,(H,16,17). The Kier molecular flexibility index (Phi) is 3.48. The first-order valence-electron chi connectivity index (χ1n) is 6.12. The van der Waals surface area contributed by atoms with Crippen LogP contribution in [0.25, 0.3) is 0 Å². The molecule has 3 heteroatoms. The summed E-state index contributed by atoms with van der Waals surface area (Å²) in [5.74, 6) is -0.701. The third kappa shape index (κ3) is 2.67. The lowest BCUT2D eigenvalue weighted by molar-refractivity contribution is -0.138. The van der Waals surface area contributed by atoms with Gasteiger partial charge in [0.15, 0.2) is 0 Å². The number of piperidine rings is 1. The first kappa shape index (κ1) is 12.1. The summed E-state index contributed by atoms with van der Waals surface area (Å²) in [7, 11) is 0. The number of aliphatic carboxylic acids is 1. The molecular formula is C14H19NO2. The molecule has 1 aromatic carbocycles. The topological polar surface area (TPSA) is 49.3 Å². The van der Waals surface area contributed by atoms with Gasteiger partial charge >= 0.3 is 5.97 Å². The normalized spacial score (nSPS) is 18.9. The van der Waals surface area contributed by atoms with E-state index in [9.17, 15) is 4.79 Å². The number of benzene rings is 1. The fraction of sp³-hybridized carbons (Fsp3) is 0.500. The number of carbonyl (C=O) groups is 1. The molecular weight excluding hydrogens is 214 g/mol. The van der Waals surface area contributed by atoms with Gasteiger partial charge in [-0.25, -0.2) is 0 Å². The molecule has 0 amide bonds. The highest BCUT2D eigenvalue weighted by atomic mass is 16.4. The molecule has 1 aromatic rings. The van der Waals surface area contributed by atoms with Gasteiger partial charge in [-0.05, 0) is 38.4 Å². The summed E-state index contributed by atoms with van der Waals surface area (Å²) < 4.78 is 0. The predicted octanol–water partition coefficient (Wildman–Crippen LogP) is 2.09. The molecule has 0 spiro atoms. The van der Waals surface area contributed by atoms with E-state index in [1.165, 1.54) is 11.1 Å². The van der Waals surface area contributed by atoms with Gasteiger partial charge in [-0.2, -0.15) is 0 Å². The number of aryl methyl sites for hydroxylation is 1. The zero-order valence-electron chi connectivity index (χ0n) is 10.2. The first-order chi connectivity index (χ1) is 8.12. The average Bonchev–Trinajstić information content (AvgIpc) is 2.30. The summed E-state index contributed by atoms with van der Waals surface area (Å²) in [6.07, 6.45) is 2.04. The summed E-state index contributed by atoms with van der Waals surface area (Å²) in [4.78, 5) is 11.1.